The lowest BCUT2D eigenvalue weighted by atomic mass is 10.1. The topological polar surface area (TPSA) is 119 Å². The molecule has 0 unspecified atom stereocenters. The summed E-state index contributed by atoms with van der Waals surface area (Å²) in [6, 6.07) is 15.5. The van der Waals surface area contributed by atoms with E-state index in [1.807, 2.05) is 30.3 Å². The van der Waals surface area contributed by atoms with Gasteiger partial charge >= 0.3 is 12.1 Å². The van der Waals surface area contributed by atoms with E-state index in [1.165, 1.54) is 30.3 Å². The Kier molecular flexibility index (Phi) is 8.21. The number of alkyl halides is 3. The molecule has 0 aliphatic carbocycles. The second kappa shape index (κ2) is 11.0. The number of aliphatic imine (C=N–C) groups is 1. The Balaban J connectivity index is 1.95. The first-order valence-electron chi connectivity index (χ1n) is 10.3. The third kappa shape index (κ3) is 6.73. The van der Waals surface area contributed by atoms with Crippen molar-refractivity contribution in [1.29, 1.82) is 0 Å². The maximum Gasteiger partial charge on any atom is 0.432 e. The summed E-state index contributed by atoms with van der Waals surface area (Å²) < 4.78 is 71.1. The Bertz CT molecular complexity index is 1410. The van der Waals surface area contributed by atoms with Crippen LogP contribution >= 0.6 is 11.3 Å². The predicted molar refractivity (Wildman–Crippen MR) is 130 cm³/mol. The number of carbonyl (C=O) groups is 1. The Morgan fingerprint density at radius 3 is 2.42 bits per heavy atom. The summed E-state index contributed by atoms with van der Waals surface area (Å²) in [4.78, 5) is 14.3. The molecule has 12 heteroatoms. The molecule has 0 aliphatic heterocycles. The van der Waals surface area contributed by atoms with Gasteiger partial charge in [-0.25, -0.2) is 8.42 Å². The minimum atomic E-state index is -4.72. The second-order valence-corrected chi connectivity index (χ2v) is 10.7. The number of carboxylic acid groups (broad SMARTS) is 1. The SMILES string of the molecule is CN=C(C=C(N)c1ccc(S(=O)(=O)c2cc(CC(=O)O)cc(OCc3ccccc3)c2)s1)C(F)(F)F. The summed E-state index contributed by atoms with van der Waals surface area (Å²) in [5.41, 5.74) is 5.29. The van der Waals surface area contributed by atoms with Crippen LogP contribution in [0.3, 0.4) is 0 Å². The summed E-state index contributed by atoms with van der Waals surface area (Å²) in [5, 5.41) is 9.19. The van der Waals surface area contributed by atoms with E-state index < -0.39 is 34.1 Å². The van der Waals surface area contributed by atoms with Crippen LogP contribution in [0.2, 0.25) is 0 Å². The second-order valence-electron chi connectivity index (χ2n) is 7.49. The van der Waals surface area contributed by atoms with Crippen LogP contribution < -0.4 is 10.5 Å². The van der Waals surface area contributed by atoms with Gasteiger partial charge in [0.2, 0.25) is 9.84 Å². The zero-order valence-corrected chi connectivity index (χ0v) is 20.5. The molecular weight excluding hydrogens is 517 g/mol. The van der Waals surface area contributed by atoms with Crippen LogP contribution in [0, 0.1) is 0 Å². The van der Waals surface area contributed by atoms with Gasteiger partial charge in [-0.1, -0.05) is 30.3 Å². The van der Waals surface area contributed by atoms with Gasteiger partial charge in [-0.3, -0.25) is 9.79 Å². The largest absolute Gasteiger partial charge is 0.489 e. The van der Waals surface area contributed by atoms with E-state index >= 15 is 0 Å². The highest BCUT2D eigenvalue weighted by molar-refractivity contribution is 7.93. The standard InChI is InChI=1S/C24H21F3N2O5S2/c1-29-21(24(25,26)27)13-19(28)20-7-8-23(35-20)36(32,33)18-10-16(11-22(30)31)9-17(12-18)34-14-15-5-3-2-4-6-15/h2-10,12-13H,11,14,28H2,1H3,(H,30,31). The number of sulfone groups is 1. The van der Waals surface area contributed by atoms with Crippen molar-refractivity contribution in [3.8, 4) is 5.75 Å². The molecule has 0 radical (unpaired) electrons. The number of rotatable bonds is 9. The molecule has 2 aromatic carbocycles. The molecule has 0 atom stereocenters. The van der Waals surface area contributed by atoms with E-state index in [1.54, 1.807) is 0 Å². The third-order valence-corrected chi connectivity index (χ3v) is 8.17. The first kappa shape index (κ1) is 27.0. The van der Waals surface area contributed by atoms with E-state index in [0.29, 0.717) is 17.4 Å². The van der Waals surface area contributed by atoms with Gasteiger partial charge in [-0.05, 0) is 47.5 Å². The molecule has 190 valence electrons. The molecule has 0 bridgehead atoms. The summed E-state index contributed by atoms with van der Waals surface area (Å²) in [7, 11) is -3.20. The Morgan fingerprint density at radius 1 is 1.11 bits per heavy atom. The zero-order chi connectivity index (χ0) is 26.5. The van der Waals surface area contributed by atoms with Crippen molar-refractivity contribution in [3.05, 3.63) is 82.7 Å². The Morgan fingerprint density at radius 2 is 1.81 bits per heavy atom. The van der Waals surface area contributed by atoms with Gasteiger partial charge < -0.3 is 15.6 Å². The Labute approximate surface area is 209 Å². The number of nitrogens with two attached hydrogens (primary N) is 1. The average Bonchev–Trinajstić information content (AvgIpc) is 3.32. The van der Waals surface area contributed by atoms with Crippen LogP contribution in [0.5, 0.6) is 5.75 Å². The van der Waals surface area contributed by atoms with Crippen molar-refractivity contribution < 1.29 is 36.2 Å². The number of halogens is 3. The highest BCUT2D eigenvalue weighted by atomic mass is 32.2. The number of hydrogen-bond donors (Lipinski definition) is 2. The molecule has 1 aromatic heterocycles. The summed E-state index contributed by atoms with van der Waals surface area (Å²) in [6.45, 7) is 0.127. The van der Waals surface area contributed by atoms with Gasteiger partial charge in [0.05, 0.1) is 21.9 Å². The molecule has 0 fully saturated rings. The fourth-order valence-electron chi connectivity index (χ4n) is 3.11. The normalized spacial score (nSPS) is 13.0. The predicted octanol–water partition coefficient (Wildman–Crippen LogP) is 4.72. The van der Waals surface area contributed by atoms with Gasteiger partial charge in [0.15, 0.2) is 0 Å². The summed E-state index contributed by atoms with van der Waals surface area (Å²) >= 11 is 0.681. The minimum Gasteiger partial charge on any atom is -0.489 e. The maximum atomic E-state index is 13.3. The van der Waals surface area contributed by atoms with Crippen molar-refractivity contribution in [2.75, 3.05) is 7.05 Å². The number of allylic oxidation sites excluding steroid dienone is 1. The van der Waals surface area contributed by atoms with Gasteiger partial charge in [0, 0.05) is 7.05 Å². The fourth-order valence-corrected chi connectivity index (χ4v) is 5.83. The maximum absolute atomic E-state index is 13.3. The van der Waals surface area contributed by atoms with Crippen LogP contribution in [0.15, 0.2) is 80.8 Å². The van der Waals surface area contributed by atoms with Crippen molar-refractivity contribution >= 4 is 38.6 Å². The molecule has 3 aromatic rings. The average molecular weight is 539 g/mol. The van der Waals surface area contributed by atoms with Crippen LogP contribution in [-0.2, 0) is 27.7 Å². The van der Waals surface area contributed by atoms with Crippen molar-refractivity contribution in [3.63, 3.8) is 0 Å². The molecule has 0 aliphatic rings. The monoisotopic (exact) mass is 538 g/mol. The molecule has 0 amide bonds. The molecule has 3 rings (SSSR count). The number of thiophene rings is 1. The lowest BCUT2D eigenvalue weighted by Crippen LogP contribution is -2.21. The number of nitrogens with zero attached hydrogens (tertiary/aromatic N) is 1. The minimum absolute atomic E-state index is 0.0983. The number of ether oxygens (including phenoxy) is 1. The van der Waals surface area contributed by atoms with Crippen molar-refractivity contribution in [2.45, 2.75) is 28.3 Å². The lowest BCUT2D eigenvalue weighted by molar-refractivity contribution is -0.136. The first-order chi connectivity index (χ1) is 16.9. The van der Waals surface area contributed by atoms with E-state index in [9.17, 15) is 31.5 Å². The quantitative estimate of drug-likeness (QED) is 0.381. The van der Waals surface area contributed by atoms with E-state index in [4.69, 9.17) is 10.5 Å². The smallest absolute Gasteiger partial charge is 0.432 e. The van der Waals surface area contributed by atoms with E-state index in [-0.39, 0.29) is 37.6 Å². The number of hydrogen-bond acceptors (Lipinski definition) is 7. The number of aliphatic carboxylic acids is 1. The summed E-state index contributed by atoms with van der Waals surface area (Å²) in [6.07, 6.45) is -4.52. The van der Waals surface area contributed by atoms with Gasteiger partial charge in [-0.2, -0.15) is 13.2 Å². The molecule has 0 spiro atoms. The highest BCUT2D eigenvalue weighted by Gasteiger charge is 2.34. The van der Waals surface area contributed by atoms with Gasteiger partial charge in [0.1, 0.15) is 22.3 Å². The molecule has 0 saturated heterocycles. The van der Waals surface area contributed by atoms with Crippen molar-refractivity contribution in [2.24, 2.45) is 10.7 Å². The van der Waals surface area contributed by atoms with Crippen LogP contribution in [0.4, 0.5) is 13.2 Å². The third-order valence-electron chi connectivity index (χ3n) is 4.81. The molecule has 1 heterocycles. The van der Waals surface area contributed by atoms with Gasteiger partial charge in [-0.15, -0.1) is 11.3 Å². The van der Waals surface area contributed by atoms with E-state index in [0.717, 1.165) is 12.6 Å². The summed E-state index contributed by atoms with van der Waals surface area (Å²) in [5.74, 6) is -1.01. The van der Waals surface area contributed by atoms with Gasteiger partial charge in [0.25, 0.3) is 0 Å². The zero-order valence-electron chi connectivity index (χ0n) is 18.8. The van der Waals surface area contributed by atoms with Crippen LogP contribution in [0.1, 0.15) is 16.0 Å². The Hall–Kier alpha value is -3.64. The molecule has 36 heavy (non-hydrogen) atoms. The van der Waals surface area contributed by atoms with E-state index in [2.05, 4.69) is 4.99 Å². The van der Waals surface area contributed by atoms with Crippen molar-refractivity contribution in [1.82, 2.24) is 0 Å². The molecule has 7 nitrogen and oxygen atoms in total. The number of benzene rings is 2. The highest BCUT2D eigenvalue weighted by Crippen LogP contribution is 2.33. The fraction of sp³-hybridized carbons (Fsp3) is 0.167. The molecule has 3 N–H and O–H groups in total. The van der Waals surface area contributed by atoms with Crippen LogP contribution in [-0.4, -0.2) is 38.4 Å². The molecule has 0 saturated carbocycles. The number of carboxylic acids is 1. The lowest BCUT2D eigenvalue weighted by Gasteiger charge is -2.11. The molecular formula is C24H21F3N2O5S2. The first-order valence-corrected chi connectivity index (χ1v) is 12.6. The van der Waals surface area contributed by atoms with Crippen LogP contribution in [0.25, 0.3) is 5.70 Å².